The van der Waals surface area contributed by atoms with Crippen molar-refractivity contribution in [2.24, 2.45) is 7.05 Å². The molecule has 1 aliphatic heterocycles. The second-order valence-electron chi connectivity index (χ2n) is 5.87. The van der Waals surface area contributed by atoms with E-state index < -0.39 is 11.6 Å². The normalized spacial score (nSPS) is 17.5. The standard InChI is InChI=1S/C17H19F2N3O/c1-21-8-6-12(11-21)10-20-17(23)22-7-2-3-16(22)13-4-5-14(18)15(19)9-13/h4-6,8-9,11,16H,2-3,7,10H2,1H3,(H,20,23). The quantitative estimate of drug-likeness (QED) is 0.925. The zero-order chi connectivity index (χ0) is 16.4. The van der Waals surface area contributed by atoms with E-state index >= 15 is 0 Å². The lowest BCUT2D eigenvalue weighted by molar-refractivity contribution is 0.192. The van der Waals surface area contributed by atoms with Crippen molar-refractivity contribution in [3.63, 3.8) is 0 Å². The molecule has 1 saturated heterocycles. The average Bonchev–Trinajstić information content (AvgIpc) is 3.16. The van der Waals surface area contributed by atoms with Crippen molar-refractivity contribution in [1.82, 2.24) is 14.8 Å². The first kappa shape index (κ1) is 15.5. The van der Waals surface area contributed by atoms with Crippen LogP contribution in [0, 0.1) is 11.6 Å². The second-order valence-corrected chi connectivity index (χ2v) is 5.87. The molecule has 1 fully saturated rings. The molecule has 0 spiro atoms. The third-order valence-corrected chi connectivity index (χ3v) is 4.18. The highest BCUT2D eigenvalue weighted by Crippen LogP contribution is 2.32. The van der Waals surface area contributed by atoms with Crippen molar-refractivity contribution in [2.45, 2.75) is 25.4 Å². The number of hydrogen-bond acceptors (Lipinski definition) is 1. The first-order chi connectivity index (χ1) is 11.0. The number of carbonyl (C=O) groups excluding carboxylic acids is 1. The number of carbonyl (C=O) groups is 1. The fourth-order valence-corrected chi connectivity index (χ4v) is 3.02. The fourth-order valence-electron chi connectivity index (χ4n) is 3.02. The molecule has 1 atom stereocenters. The third kappa shape index (κ3) is 3.36. The van der Waals surface area contributed by atoms with E-state index in [0.717, 1.165) is 24.5 Å². The Bertz CT molecular complexity index is 714. The first-order valence-electron chi connectivity index (χ1n) is 7.65. The maximum atomic E-state index is 13.4. The molecule has 2 heterocycles. The number of likely N-dealkylation sites (tertiary alicyclic amines) is 1. The van der Waals surface area contributed by atoms with E-state index in [1.165, 1.54) is 6.07 Å². The molecular weight excluding hydrogens is 300 g/mol. The molecule has 0 radical (unpaired) electrons. The zero-order valence-electron chi connectivity index (χ0n) is 12.9. The summed E-state index contributed by atoms with van der Waals surface area (Å²) in [4.78, 5) is 14.1. The van der Waals surface area contributed by atoms with E-state index in [0.29, 0.717) is 18.7 Å². The van der Waals surface area contributed by atoms with E-state index in [9.17, 15) is 13.6 Å². The van der Waals surface area contributed by atoms with Gasteiger partial charge in [0, 0.05) is 32.5 Å². The molecule has 1 aromatic carbocycles. The molecule has 6 heteroatoms. The topological polar surface area (TPSA) is 37.3 Å². The highest BCUT2D eigenvalue weighted by molar-refractivity contribution is 5.75. The lowest BCUT2D eigenvalue weighted by Crippen LogP contribution is -2.39. The molecule has 1 N–H and O–H groups in total. The monoisotopic (exact) mass is 319 g/mol. The Labute approximate surface area is 133 Å². The van der Waals surface area contributed by atoms with Crippen LogP contribution in [-0.4, -0.2) is 22.0 Å². The summed E-state index contributed by atoms with van der Waals surface area (Å²) in [5, 5.41) is 2.89. The van der Waals surface area contributed by atoms with Crippen LogP contribution >= 0.6 is 0 Å². The Morgan fingerprint density at radius 2 is 2.13 bits per heavy atom. The van der Waals surface area contributed by atoms with E-state index in [2.05, 4.69) is 5.32 Å². The number of urea groups is 1. The minimum Gasteiger partial charge on any atom is -0.357 e. The van der Waals surface area contributed by atoms with Crippen molar-refractivity contribution in [3.05, 3.63) is 59.4 Å². The van der Waals surface area contributed by atoms with Crippen LogP contribution in [0.25, 0.3) is 0 Å². The largest absolute Gasteiger partial charge is 0.357 e. The average molecular weight is 319 g/mol. The summed E-state index contributed by atoms with van der Waals surface area (Å²) in [6.45, 7) is 1.06. The maximum Gasteiger partial charge on any atom is 0.318 e. The summed E-state index contributed by atoms with van der Waals surface area (Å²) in [7, 11) is 1.92. The van der Waals surface area contributed by atoms with Crippen LogP contribution < -0.4 is 5.32 Å². The predicted molar refractivity (Wildman–Crippen MR) is 82.7 cm³/mol. The van der Waals surface area contributed by atoms with Gasteiger partial charge in [-0.2, -0.15) is 0 Å². The van der Waals surface area contributed by atoms with Crippen LogP contribution in [0.2, 0.25) is 0 Å². The van der Waals surface area contributed by atoms with Crippen LogP contribution in [0.15, 0.2) is 36.7 Å². The van der Waals surface area contributed by atoms with E-state index in [-0.39, 0.29) is 12.1 Å². The van der Waals surface area contributed by atoms with Crippen molar-refractivity contribution < 1.29 is 13.6 Å². The molecule has 23 heavy (non-hydrogen) atoms. The minimum atomic E-state index is -0.876. The van der Waals surface area contributed by atoms with Crippen molar-refractivity contribution in [2.75, 3.05) is 6.54 Å². The SMILES string of the molecule is Cn1ccc(CNC(=O)N2CCCC2c2ccc(F)c(F)c2)c1. The van der Waals surface area contributed by atoms with Gasteiger partial charge < -0.3 is 14.8 Å². The Kier molecular flexibility index (Phi) is 4.32. The molecule has 1 aromatic heterocycles. The first-order valence-corrected chi connectivity index (χ1v) is 7.65. The van der Waals surface area contributed by atoms with Crippen molar-refractivity contribution >= 4 is 6.03 Å². The number of nitrogens with zero attached hydrogens (tertiary/aromatic N) is 2. The van der Waals surface area contributed by atoms with Gasteiger partial charge in [-0.15, -0.1) is 0 Å². The smallest absolute Gasteiger partial charge is 0.318 e. The highest BCUT2D eigenvalue weighted by atomic mass is 19.2. The molecule has 3 rings (SSSR count). The van der Waals surface area contributed by atoms with Gasteiger partial charge in [0.15, 0.2) is 11.6 Å². The lowest BCUT2D eigenvalue weighted by Gasteiger charge is -2.25. The maximum absolute atomic E-state index is 13.4. The van der Waals surface area contributed by atoms with Crippen LogP contribution in [0.4, 0.5) is 13.6 Å². The predicted octanol–water partition coefficient (Wildman–Crippen LogP) is 3.35. The number of rotatable bonds is 3. The van der Waals surface area contributed by atoms with Crippen molar-refractivity contribution in [1.29, 1.82) is 0 Å². The van der Waals surface area contributed by atoms with Crippen molar-refractivity contribution in [3.8, 4) is 0 Å². The van der Waals surface area contributed by atoms with Gasteiger partial charge in [-0.1, -0.05) is 6.07 Å². The van der Waals surface area contributed by atoms with E-state index in [1.54, 1.807) is 11.0 Å². The molecule has 2 aromatic rings. The summed E-state index contributed by atoms with van der Waals surface area (Å²) in [5.74, 6) is -1.74. The van der Waals surface area contributed by atoms with E-state index in [4.69, 9.17) is 0 Å². The zero-order valence-corrected chi connectivity index (χ0v) is 12.9. The van der Waals surface area contributed by atoms with Crippen LogP contribution in [0.5, 0.6) is 0 Å². The van der Waals surface area contributed by atoms with Gasteiger partial charge in [-0.25, -0.2) is 13.6 Å². The van der Waals surface area contributed by atoms with Gasteiger partial charge in [0.05, 0.1) is 6.04 Å². The highest BCUT2D eigenvalue weighted by Gasteiger charge is 2.30. The number of aromatic nitrogens is 1. The number of amides is 2. The summed E-state index contributed by atoms with van der Waals surface area (Å²) in [5.41, 5.74) is 1.65. The molecule has 1 unspecified atom stereocenters. The number of benzene rings is 1. The molecule has 0 aliphatic carbocycles. The second kappa shape index (κ2) is 6.40. The Morgan fingerprint density at radius 3 is 2.83 bits per heavy atom. The van der Waals surface area contributed by atoms with Gasteiger partial charge in [0.25, 0.3) is 0 Å². The van der Waals surface area contributed by atoms with Gasteiger partial charge in [0.1, 0.15) is 0 Å². The number of hydrogen-bond donors (Lipinski definition) is 1. The van der Waals surface area contributed by atoms with Crippen LogP contribution in [0.3, 0.4) is 0 Å². The summed E-state index contributed by atoms with van der Waals surface area (Å²) in [6, 6.07) is 5.40. The molecule has 2 amide bonds. The van der Waals surface area contributed by atoms with Gasteiger partial charge >= 0.3 is 6.03 Å². The molecule has 1 aliphatic rings. The van der Waals surface area contributed by atoms with Gasteiger partial charge in [-0.05, 0) is 42.2 Å². The number of halogens is 2. The van der Waals surface area contributed by atoms with E-state index in [1.807, 2.05) is 30.1 Å². The Balaban J connectivity index is 1.68. The van der Waals surface area contributed by atoms with Crippen LogP contribution in [0.1, 0.15) is 30.0 Å². The summed E-state index contributed by atoms with van der Waals surface area (Å²) in [6.07, 6.45) is 5.46. The van der Waals surface area contributed by atoms with Gasteiger partial charge in [-0.3, -0.25) is 0 Å². The molecule has 0 bridgehead atoms. The molecule has 122 valence electrons. The Morgan fingerprint density at radius 1 is 1.30 bits per heavy atom. The summed E-state index contributed by atoms with van der Waals surface area (Å²) >= 11 is 0. The number of aryl methyl sites for hydroxylation is 1. The fraction of sp³-hybridized carbons (Fsp3) is 0.353. The minimum absolute atomic E-state index is 0.180. The Hall–Kier alpha value is -2.37. The number of nitrogens with one attached hydrogen (secondary N) is 1. The molecule has 0 saturated carbocycles. The molecule has 4 nitrogen and oxygen atoms in total. The lowest BCUT2D eigenvalue weighted by atomic mass is 10.0. The van der Waals surface area contributed by atoms with Crippen LogP contribution in [-0.2, 0) is 13.6 Å². The molecular formula is C17H19F2N3O. The van der Waals surface area contributed by atoms with Gasteiger partial charge in [0.2, 0.25) is 0 Å². The third-order valence-electron chi connectivity index (χ3n) is 4.18. The summed E-state index contributed by atoms with van der Waals surface area (Å²) < 4.78 is 28.4.